The molecule has 4 nitrogen and oxygen atoms in total. The minimum Gasteiger partial charge on any atom is -0.367 e. The Hall–Kier alpha value is -2.85. The Bertz CT molecular complexity index is 973. The van der Waals surface area contributed by atoms with Crippen LogP contribution in [0.4, 0.5) is 11.4 Å². The lowest BCUT2D eigenvalue weighted by Gasteiger charge is -2.25. The van der Waals surface area contributed by atoms with Crippen molar-refractivity contribution < 1.29 is 4.79 Å². The topological polar surface area (TPSA) is 35.6 Å². The second-order valence-electron chi connectivity index (χ2n) is 7.74. The molecule has 1 fully saturated rings. The number of benzene rings is 3. The number of anilines is 2. The molecule has 4 rings (SSSR count). The van der Waals surface area contributed by atoms with Gasteiger partial charge in [0.1, 0.15) is 0 Å². The number of amides is 1. The van der Waals surface area contributed by atoms with Gasteiger partial charge in [-0.3, -0.25) is 9.69 Å². The fourth-order valence-electron chi connectivity index (χ4n) is 4.16. The molecule has 29 heavy (non-hydrogen) atoms. The summed E-state index contributed by atoms with van der Waals surface area (Å²) in [4.78, 5) is 17.0. The Morgan fingerprint density at radius 2 is 1.76 bits per heavy atom. The van der Waals surface area contributed by atoms with Crippen molar-refractivity contribution >= 4 is 28.1 Å². The van der Waals surface area contributed by atoms with Crippen LogP contribution in [0.25, 0.3) is 10.8 Å². The maximum atomic E-state index is 12.4. The maximum absolute atomic E-state index is 12.4. The number of nitrogens with zero attached hydrogens (tertiary/aromatic N) is 2. The van der Waals surface area contributed by atoms with E-state index in [1.165, 1.54) is 34.9 Å². The second-order valence-corrected chi connectivity index (χ2v) is 7.74. The Balaban J connectivity index is 1.48. The van der Waals surface area contributed by atoms with Crippen molar-refractivity contribution in [1.29, 1.82) is 0 Å². The highest BCUT2D eigenvalue weighted by atomic mass is 16.2. The summed E-state index contributed by atoms with van der Waals surface area (Å²) >= 11 is 0. The number of carbonyl (C=O) groups is 1. The lowest BCUT2D eigenvalue weighted by molar-refractivity contribution is -0.117. The van der Waals surface area contributed by atoms with Crippen LogP contribution in [-0.2, 0) is 11.3 Å². The standard InChI is InChI=1S/C25H29N3O/c1-2-28(24-14-8-11-21-10-3-4-13-23(21)24)18-20-9-7-12-22(17-20)26-25(29)19-27-15-5-6-16-27/h3-4,7-14,17H,2,5-6,15-16,18-19H2,1H3,(H,26,29). The number of nitrogens with one attached hydrogen (secondary N) is 1. The number of hydrogen-bond acceptors (Lipinski definition) is 3. The number of rotatable bonds is 7. The molecule has 0 atom stereocenters. The molecule has 0 spiro atoms. The van der Waals surface area contributed by atoms with Gasteiger partial charge in [-0.25, -0.2) is 0 Å². The van der Waals surface area contributed by atoms with Gasteiger partial charge in [-0.15, -0.1) is 0 Å². The normalized spacial score (nSPS) is 14.2. The molecule has 1 amide bonds. The molecule has 0 radical (unpaired) electrons. The molecule has 1 heterocycles. The van der Waals surface area contributed by atoms with Crippen LogP contribution in [0.5, 0.6) is 0 Å². The molecule has 150 valence electrons. The summed E-state index contributed by atoms with van der Waals surface area (Å²) in [5.74, 6) is 0.0745. The van der Waals surface area contributed by atoms with Gasteiger partial charge in [0.25, 0.3) is 0 Å². The highest BCUT2D eigenvalue weighted by molar-refractivity contribution is 5.94. The third-order valence-electron chi connectivity index (χ3n) is 5.64. The average Bonchev–Trinajstić information content (AvgIpc) is 3.25. The molecule has 4 heteroatoms. The van der Waals surface area contributed by atoms with E-state index in [4.69, 9.17) is 0 Å². The van der Waals surface area contributed by atoms with Gasteiger partial charge < -0.3 is 10.2 Å². The molecule has 0 saturated carbocycles. The predicted molar refractivity (Wildman–Crippen MR) is 121 cm³/mol. The number of carbonyl (C=O) groups excluding carboxylic acids is 1. The fraction of sp³-hybridized carbons (Fsp3) is 0.320. The van der Waals surface area contributed by atoms with E-state index in [0.29, 0.717) is 6.54 Å². The summed E-state index contributed by atoms with van der Waals surface area (Å²) < 4.78 is 0. The van der Waals surface area contributed by atoms with Crippen molar-refractivity contribution in [1.82, 2.24) is 4.90 Å². The Morgan fingerprint density at radius 3 is 2.59 bits per heavy atom. The quantitative estimate of drug-likeness (QED) is 0.626. The molecule has 0 aromatic heterocycles. The summed E-state index contributed by atoms with van der Waals surface area (Å²) in [6.07, 6.45) is 2.40. The van der Waals surface area contributed by atoms with Crippen molar-refractivity contribution in [3.63, 3.8) is 0 Å². The molecule has 0 unspecified atom stereocenters. The van der Waals surface area contributed by atoms with Crippen LogP contribution in [0.1, 0.15) is 25.3 Å². The zero-order valence-electron chi connectivity index (χ0n) is 17.1. The first-order chi connectivity index (χ1) is 14.2. The monoisotopic (exact) mass is 387 g/mol. The number of hydrogen-bond donors (Lipinski definition) is 1. The lowest BCUT2D eigenvalue weighted by Crippen LogP contribution is -2.30. The fourth-order valence-corrected chi connectivity index (χ4v) is 4.16. The molecular formula is C25H29N3O. The van der Waals surface area contributed by atoms with Crippen LogP contribution in [0.15, 0.2) is 66.7 Å². The van der Waals surface area contributed by atoms with Gasteiger partial charge in [-0.2, -0.15) is 0 Å². The highest BCUT2D eigenvalue weighted by Gasteiger charge is 2.15. The smallest absolute Gasteiger partial charge is 0.238 e. The molecular weight excluding hydrogens is 358 g/mol. The molecule has 0 aliphatic carbocycles. The maximum Gasteiger partial charge on any atom is 0.238 e. The third kappa shape index (κ3) is 4.77. The summed E-state index contributed by atoms with van der Waals surface area (Å²) in [5.41, 5.74) is 3.31. The van der Waals surface area contributed by atoms with Crippen molar-refractivity contribution in [2.45, 2.75) is 26.3 Å². The van der Waals surface area contributed by atoms with Crippen LogP contribution in [-0.4, -0.2) is 37.0 Å². The Kier molecular flexibility index (Phi) is 6.11. The van der Waals surface area contributed by atoms with E-state index in [9.17, 15) is 4.79 Å². The minimum atomic E-state index is 0.0745. The van der Waals surface area contributed by atoms with Crippen molar-refractivity contribution in [3.8, 4) is 0 Å². The molecule has 1 saturated heterocycles. The largest absolute Gasteiger partial charge is 0.367 e. The van der Waals surface area contributed by atoms with Crippen LogP contribution in [0.3, 0.4) is 0 Å². The SMILES string of the molecule is CCN(Cc1cccc(NC(=O)CN2CCCC2)c1)c1cccc2ccccc12. The van der Waals surface area contributed by atoms with E-state index in [0.717, 1.165) is 31.9 Å². The van der Waals surface area contributed by atoms with Crippen LogP contribution < -0.4 is 10.2 Å². The molecule has 1 aliphatic heterocycles. The summed E-state index contributed by atoms with van der Waals surface area (Å²) in [5, 5.41) is 5.60. The van der Waals surface area contributed by atoms with Crippen molar-refractivity contribution in [2.24, 2.45) is 0 Å². The summed E-state index contributed by atoms with van der Waals surface area (Å²) in [6.45, 7) is 6.46. The highest BCUT2D eigenvalue weighted by Crippen LogP contribution is 2.28. The van der Waals surface area contributed by atoms with Gasteiger partial charge in [0.2, 0.25) is 5.91 Å². The summed E-state index contributed by atoms with van der Waals surface area (Å²) in [7, 11) is 0. The van der Waals surface area contributed by atoms with Gasteiger partial charge >= 0.3 is 0 Å². The van der Waals surface area contributed by atoms with Crippen LogP contribution in [0, 0.1) is 0 Å². The van der Waals surface area contributed by atoms with E-state index in [1.807, 2.05) is 12.1 Å². The Morgan fingerprint density at radius 1 is 1.00 bits per heavy atom. The van der Waals surface area contributed by atoms with E-state index in [1.54, 1.807) is 0 Å². The van der Waals surface area contributed by atoms with Gasteiger partial charge in [-0.05, 0) is 62.0 Å². The van der Waals surface area contributed by atoms with Crippen molar-refractivity contribution in [2.75, 3.05) is 36.4 Å². The van der Waals surface area contributed by atoms with Gasteiger partial charge in [0.05, 0.1) is 6.54 Å². The zero-order chi connectivity index (χ0) is 20.1. The first-order valence-electron chi connectivity index (χ1n) is 10.6. The second kappa shape index (κ2) is 9.10. The molecule has 1 N–H and O–H groups in total. The molecule has 0 bridgehead atoms. The predicted octanol–water partition coefficient (Wildman–Crippen LogP) is 4.90. The van der Waals surface area contributed by atoms with Gasteiger partial charge in [-0.1, -0.05) is 48.5 Å². The van der Waals surface area contributed by atoms with Crippen molar-refractivity contribution in [3.05, 3.63) is 72.3 Å². The molecule has 3 aromatic carbocycles. The number of fused-ring (bicyclic) bond motifs is 1. The van der Waals surface area contributed by atoms with E-state index < -0.39 is 0 Å². The van der Waals surface area contributed by atoms with Crippen LogP contribution in [0.2, 0.25) is 0 Å². The van der Waals surface area contributed by atoms with Gasteiger partial charge in [0.15, 0.2) is 0 Å². The molecule has 3 aromatic rings. The first-order valence-corrected chi connectivity index (χ1v) is 10.6. The Labute approximate surface area is 173 Å². The van der Waals surface area contributed by atoms with Gasteiger partial charge in [0, 0.05) is 29.9 Å². The van der Waals surface area contributed by atoms with E-state index in [-0.39, 0.29) is 5.91 Å². The first kappa shape index (κ1) is 19.5. The lowest BCUT2D eigenvalue weighted by atomic mass is 10.1. The van der Waals surface area contributed by atoms with E-state index >= 15 is 0 Å². The van der Waals surface area contributed by atoms with Crippen LogP contribution >= 0.6 is 0 Å². The third-order valence-corrected chi connectivity index (χ3v) is 5.64. The molecule has 1 aliphatic rings. The van der Waals surface area contributed by atoms with E-state index in [2.05, 4.69) is 76.6 Å². The summed E-state index contributed by atoms with van der Waals surface area (Å²) in [6, 6.07) is 23.2. The minimum absolute atomic E-state index is 0.0745. The average molecular weight is 388 g/mol. The number of likely N-dealkylation sites (tertiary alicyclic amines) is 1. The zero-order valence-corrected chi connectivity index (χ0v) is 17.1.